The summed E-state index contributed by atoms with van der Waals surface area (Å²) in [5.74, 6) is -1.54. The van der Waals surface area contributed by atoms with Crippen LogP contribution in [0.4, 0.5) is 19.3 Å². The average molecular weight is 437 g/mol. The minimum atomic E-state index is -0.747. The zero-order valence-electron chi connectivity index (χ0n) is 12.4. The molecule has 3 N–H and O–H groups in total. The molecule has 0 aromatic heterocycles. The van der Waals surface area contributed by atoms with Crippen molar-refractivity contribution in [3.63, 3.8) is 0 Å². The molecular weight excluding hydrogens is 419 g/mol. The van der Waals surface area contributed by atoms with Gasteiger partial charge in [-0.05, 0) is 53.5 Å². The second-order valence-electron chi connectivity index (χ2n) is 5.52. The third kappa shape index (κ3) is 5.60. The second-order valence-corrected chi connectivity index (χ2v) is 6.59. The monoisotopic (exact) mass is 437 g/mol. The summed E-state index contributed by atoms with van der Waals surface area (Å²) in [4.78, 5) is 23.3. The molecule has 0 saturated heterocycles. The molecule has 0 spiro atoms. The number of hydrogen-bond acceptors (Lipinski definition) is 2. The van der Waals surface area contributed by atoms with Gasteiger partial charge >= 0.3 is 6.03 Å². The summed E-state index contributed by atoms with van der Waals surface area (Å²) < 4.78 is 26.6. The minimum absolute atomic E-state index is 0.0126. The number of benzene rings is 1. The molecule has 1 aromatic rings. The van der Waals surface area contributed by atoms with Crippen LogP contribution in [0.5, 0.6) is 0 Å². The van der Waals surface area contributed by atoms with Crippen LogP contribution in [-0.2, 0) is 4.79 Å². The van der Waals surface area contributed by atoms with Crippen molar-refractivity contribution in [2.24, 2.45) is 5.92 Å². The van der Waals surface area contributed by atoms with Crippen molar-refractivity contribution in [2.45, 2.75) is 25.7 Å². The zero-order valence-corrected chi connectivity index (χ0v) is 14.6. The standard InChI is InChI=1S/C15H18F2IN3O2/c16-11-5-10(6-12(17)14(11)18)21-13(22)8-20-15(23)19-7-9-3-1-2-4-9/h5-6,9H,1-4,7-8H2,(H,21,22)(H2,19,20,23). The molecule has 1 aliphatic rings. The van der Waals surface area contributed by atoms with Crippen molar-refractivity contribution in [1.29, 1.82) is 0 Å². The second kappa shape index (κ2) is 8.42. The number of halogens is 3. The maximum Gasteiger partial charge on any atom is 0.315 e. The summed E-state index contributed by atoms with van der Waals surface area (Å²) in [7, 11) is 0. The van der Waals surface area contributed by atoms with E-state index in [0.717, 1.165) is 25.0 Å². The van der Waals surface area contributed by atoms with Crippen LogP contribution < -0.4 is 16.0 Å². The van der Waals surface area contributed by atoms with Crippen molar-refractivity contribution in [1.82, 2.24) is 10.6 Å². The van der Waals surface area contributed by atoms with E-state index in [1.807, 2.05) is 0 Å². The van der Waals surface area contributed by atoms with Gasteiger partial charge in [0.1, 0.15) is 11.6 Å². The first-order valence-electron chi connectivity index (χ1n) is 7.42. The summed E-state index contributed by atoms with van der Waals surface area (Å²) in [6.07, 6.45) is 4.62. The Balaban J connectivity index is 1.73. The topological polar surface area (TPSA) is 70.2 Å². The number of nitrogens with one attached hydrogen (secondary N) is 3. The van der Waals surface area contributed by atoms with Gasteiger partial charge in [0, 0.05) is 12.2 Å². The van der Waals surface area contributed by atoms with E-state index in [0.29, 0.717) is 12.5 Å². The van der Waals surface area contributed by atoms with Crippen LogP contribution >= 0.6 is 22.6 Å². The van der Waals surface area contributed by atoms with E-state index in [4.69, 9.17) is 0 Å². The Hall–Kier alpha value is -1.45. The quantitative estimate of drug-likeness (QED) is 0.490. The fourth-order valence-corrected chi connectivity index (χ4v) is 2.82. The van der Waals surface area contributed by atoms with E-state index in [1.165, 1.54) is 12.8 Å². The third-order valence-electron chi connectivity index (χ3n) is 3.70. The van der Waals surface area contributed by atoms with Gasteiger partial charge in [0.25, 0.3) is 0 Å². The van der Waals surface area contributed by atoms with Crippen LogP contribution in [0.15, 0.2) is 12.1 Å². The predicted octanol–water partition coefficient (Wildman–Crippen LogP) is 3.00. The fourth-order valence-electron chi connectivity index (χ4n) is 2.51. The molecule has 0 bridgehead atoms. The molecular formula is C15H18F2IN3O2. The zero-order chi connectivity index (χ0) is 16.8. The van der Waals surface area contributed by atoms with Crippen molar-refractivity contribution in [2.75, 3.05) is 18.4 Å². The van der Waals surface area contributed by atoms with Crippen molar-refractivity contribution in [3.8, 4) is 0 Å². The Morgan fingerprint density at radius 1 is 1.13 bits per heavy atom. The SMILES string of the molecule is O=C(CNC(=O)NCC1CCCC1)Nc1cc(F)c(I)c(F)c1. The molecule has 23 heavy (non-hydrogen) atoms. The first kappa shape index (κ1) is 17.9. The molecule has 0 aliphatic heterocycles. The van der Waals surface area contributed by atoms with Crippen LogP contribution in [-0.4, -0.2) is 25.0 Å². The number of hydrogen-bond donors (Lipinski definition) is 3. The molecule has 5 nitrogen and oxygen atoms in total. The molecule has 1 aliphatic carbocycles. The number of carbonyl (C=O) groups excluding carboxylic acids is 2. The molecule has 0 heterocycles. The van der Waals surface area contributed by atoms with Gasteiger partial charge in [0.05, 0.1) is 10.1 Å². The molecule has 8 heteroatoms. The molecule has 0 atom stereocenters. The van der Waals surface area contributed by atoms with E-state index in [-0.39, 0.29) is 15.8 Å². The Labute approximate surface area is 146 Å². The molecule has 1 fully saturated rings. The lowest BCUT2D eigenvalue weighted by atomic mass is 10.1. The number of anilines is 1. The van der Waals surface area contributed by atoms with Gasteiger partial charge in [0.15, 0.2) is 0 Å². The summed E-state index contributed by atoms with van der Waals surface area (Å²) in [5, 5.41) is 7.47. The van der Waals surface area contributed by atoms with Gasteiger partial charge in [-0.2, -0.15) is 0 Å². The van der Waals surface area contributed by atoms with Crippen molar-refractivity contribution < 1.29 is 18.4 Å². The summed E-state index contributed by atoms with van der Waals surface area (Å²) in [6, 6.07) is 1.64. The normalized spacial score (nSPS) is 14.6. The number of amides is 3. The summed E-state index contributed by atoms with van der Waals surface area (Å²) >= 11 is 1.54. The smallest absolute Gasteiger partial charge is 0.315 e. The maximum absolute atomic E-state index is 13.4. The van der Waals surface area contributed by atoms with Gasteiger partial charge < -0.3 is 16.0 Å². The van der Waals surface area contributed by atoms with Gasteiger partial charge in [-0.3, -0.25) is 4.79 Å². The lowest BCUT2D eigenvalue weighted by Gasteiger charge is -2.12. The van der Waals surface area contributed by atoms with Crippen LogP contribution in [0.25, 0.3) is 0 Å². The van der Waals surface area contributed by atoms with Gasteiger partial charge in [-0.1, -0.05) is 12.8 Å². The van der Waals surface area contributed by atoms with Crippen LogP contribution in [0, 0.1) is 21.1 Å². The first-order valence-corrected chi connectivity index (χ1v) is 8.49. The molecule has 3 amide bonds. The van der Waals surface area contributed by atoms with E-state index in [2.05, 4.69) is 16.0 Å². The highest BCUT2D eigenvalue weighted by Crippen LogP contribution is 2.23. The van der Waals surface area contributed by atoms with E-state index in [9.17, 15) is 18.4 Å². The highest BCUT2D eigenvalue weighted by molar-refractivity contribution is 14.1. The molecule has 1 aromatic carbocycles. The third-order valence-corrected chi connectivity index (χ3v) is 4.73. The fraction of sp³-hybridized carbons (Fsp3) is 0.467. The lowest BCUT2D eigenvalue weighted by Crippen LogP contribution is -2.41. The van der Waals surface area contributed by atoms with Crippen LogP contribution in [0.2, 0.25) is 0 Å². The number of rotatable bonds is 5. The lowest BCUT2D eigenvalue weighted by molar-refractivity contribution is -0.115. The molecule has 126 valence electrons. The Bertz CT molecular complexity index is 569. The first-order chi connectivity index (χ1) is 11.0. The summed E-state index contributed by atoms with van der Waals surface area (Å²) in [5.41, 5.74) is 0.0126. The largest absolute Gasteiger partial charge is 0.338 e. The van der Waals surface area contributed by atoms with E-state index < -0.39 is 23.6 Å². The molecule has 2 rings (SSSR count). The molecule has 1 saturated carbocycles. The highest BCUT2D eigenvalue weighted by Gasteiger charge is 2.16. The predicted molar refractivity (Wildman–Crippen MR) is 91.1 cm³/mol. The van der Waals surface area contributed by atoms with Gasteiger partial charge in [0.2, 0.25) is 5.91 Å². The van der Waals surface area contributed by atoms with Crippen molar-refractivity contribution in [3.05, 3.63) is 27.3 Å². The maximum atomic E-state index is 13.4. The molecule has 0 unspecified atom stereocenters. The Kier molecular flexibility index (Phi) is 6.55. The molecule has 0 radical (unpaired) electrons. The Morgan fingerprint density at radius 3 is 2.35 bits per heavy atom. The van der Waals surface area contributed by atoms with Gasteiger partial charge in [-0.25, -0.2) is 13.6 Å². The number of carbonyl (C=O) groups is 2. The van der Waals surface area contributed by atoms with Crippen LogP contribution in [0.3, 0.4) is 0 Å². The Morgan fingerprint density at radius 2 is 1.74 bits per heavy atom. The van der Waals surface area contributed by atoms with E-state index >= 15 is 0 Å². The minimum Gasteiger partial charge on any atom is -0.338 e. The number of urea groups is 1. The van der Waals surface area contributed by atoms with E-state index in [1.54, 1.807) is 22.6 Å². The van der Waals surface area contributed by atoms with Crippen LogP contribution in [0.1, 0.15) is 25.7 Å². The summed E-state index contributed by atoms with van der Waals surface area (Å²) in [6.45, 7) is 0.326. The highest BCUT2D eigenvalue weighted by atomic mass is 127. The van der Waals surface area contributed by atoms with Gasteiger partial charge in [-0.15, -0.1) is 0 Å². The average Bonchev–Trinajstić information content (AvgIpc) is 3.02. The van der Waals surface area contributed by atoms with Crippen molar-refractivity contribution >= 4 is 40.2 Å².